The molecular formula is C44H72O22. The maximum atomic E-state index is 14.3. The van der Waals surface area contributed by atoms with Crippen LogP contribution in [0, 0.1) is 28.1 Å². The Morgan fingerprint density at radius 3 is 1.97 bits per heavy atom. The minimum Gasteiger partial charge on any atom is -0.435 e. The van der Waals surface area contributed by atoms with Gasteiger partial charge in [0, 0.05) is 11.8 Å². The van der Waals surface area contributed by atoms with Crippen molar-refractivity contribution in [1.82, 2.24) is 0 Å². The molecule has 3 saturated carbocycles. The summed E-state index contributed by atoms with van der Waals surface area (Å²) in [6.45, 7) is 6.54. The van der Waals surface area contributed by atoms with Crippen LogP contribution >= 0.6 is 0 Å². The van der Waals surface area contributed by atoms with E-state index in [0.717, 1.165) is 12.0 Å². The van der Waals surface area contributed by atoms with Gasteiger partial charge in [-0.15, -0.1) is 0 Å². The molecule has 22 heteroatoms. The number of esters is 1. The summed E-state index contributed by atoms with van der Waals surface area (Å²) in [5.41, 5.74) is -1.15. The molecule has 7 aliphatic rings. The summed E-state index contributed by atoms with van der Waals surface area (Å²) in [5.74, 6) is -3.09. The van der Waals surface area contributed by atoms with Crippen molar-refractivity contribution < 1.29 is 109 Å². The summed E-state index contributed by atoms with van der Waals surface area (Å²) in [6, 6.07) is 0. The number of aliphatic hydroxyl groups is 13. The van der Waals surface area contributed by atoms with Crippen LogP contribution in [0.2, 0.25) is 0 Å². The third-order valence-corrected chi connectivity index (χ3v) is 16.3. The van der Waals surface area contributed by atoms with Gasteiger partial charge in [0.25, 0.3) is 0 Å². The number of ether oxygens (including phenoxy) is 8. The van der Waals surface area contributed by atoms with E-state index < -0.39 is 165 Å². The van der Waals surface area contributed by atoms with Gasteiger partial charge >= 0.3 is 5.97 Å². The molecule has 13 N–H and O–H groups in total. The highest BCUT2D eigenvalue weighted by Gasteiger charge is 2.65. The van der Waals surface area contributed by atoms with Gasteiger partial charge in [0.15, 0.2) is 18.4 Å². The molecule has 0 spiro atoms. The molecule has 24 atom stereocenters. The Hall–Kier alpha value is -1.59. The van der Waals surface area contributed by atoms with E-state index in [4.69, 9.17) is 37.9 Å². The SMILES string of the molecule is C=C1CC[C@H]2C3(C)CCCC(C)(C(=O)O[C@H]4C[C@@H](O)C(O)[C@@H](CO)O4)[C@H]3CC[C@]2(CO[C@@H]2OC(CO)[C@@H](O)C(O[C@@H]3OC(CO)[C@@H](O)C(O)[C@H]3O)[C@H]2O[C@]2(C)OC(CO)[C@@H](O)C(O)[C@H]2O)C1. The van der Waals surface area contributed by atoms with E-state index in [-0.39, 0.29) is 24.9 Å². The zero-order chi connectivity index (χ0) is 48.3. The van der Waals surface area contributed by atoms with Gasteiger partial charge in [-0.05, 0) is 76.0 Å². The lowest BCUT2D eigenvalue weighted by molar-refractivity contribution is -0.420. The van der Waals surface area contributed by atoms with E-state index in [1.54, 1.807) is 0 Å². The highest BCUT2D eigenvalue weighted by atomic mass is 16.8. The first-order chi connectivity index (χ1) is 31.1. The summed E-state index contributed by atoms with van der Waals surface area (Å²) in [7, 11) is 0. The lowest BCUT2D eigenvalue weighted by atomic mass is 9.40. The number of carbonyl (C=O) groups excluding carboxylic acids is 1. The van der Waals surface area contributed by atoms with Crippen molar-refractivity contribution in [2.45, 2.75) is 195 Å². The maximum absolute atomic E-state index is 14.3. The average molecular weight is 953 g/mol. The summed E-state index contributed by atoms with van der Waals surface area (Å²) < 4.78 is 48.5. The summed E-state index contributed by atoms with van der Waals surface area (Å²) in [5, 5.41) is 137. The van der Waals surface area contributed by atoms with Crippen LogP contribution in [0.5, 0.6) is 0 Å². The molecule has 7 rings (SSSR count). The first kappa shape index (κ1) is 52.2. The van der Waals surface area contributed by atoms with Crippen LogP contribution in [0.15, 0.2) is 12.2 Å². The smallest absolute Gasteiger partial charge is 0.314 e. The van der Waals surface area contributed by atoms with E-state index in [9.17, 15) is 71.2 Å². The van der Waals surface area contributed by atoms with Gasteiger partial charge in [0.05, 0.1) is 44.6 Å². The summed E-state index contributed by atoms with van der Waals surface area (Å²) >= 11 is 0. The molecule has 0 aromatic rings. The Morgan fingerprint density at radius 1 is 0.682 bits per heavy atom. The fourth-order valence-electron chi connectivity index (χ4n) is 12.6. The molecule has 4 saturated heterocycles. The number of rotatable bonds is 13. The maximum Gasteiger partial charge on any atom is 0.314 e. The molecule has 0 aromatic carbocycles. The van der Waals surface area contributed by atoms with Crippen LogP contribution in [-0.2, 0) is 42.7 Å². The van der Waals surface area contributed by atoms with Crippen molar-refractivity contribution >= 4 is 5.97 Å². The molecule has 4 aliphatic heterocycles. The Morgan fingerprint density at radius 2 is 1.30 bits per heavy atom. The Bertz CT molecular complexity index is 1670. The zero-order valence-electron chi connectivity index (χ0n) is 37.6. The number of aliphatic hydroxyl groups excluding tert-OH is 13. The van der Waals surface area contributed by atoms with Crippen molar-refractivity contribution in [3.63, 3.8) is 0 Å². The van der Waals surface area contributed by atoms with Crippen LogP contribution in [-0.4, -0.2) is 222 Å². The Balaban J connectivity index is 1.19. The second kappa shape index (κ2) is 20.3. The van der Waals surface area contributed by atoms with Crippen LogP contribution in [0.1, 0.15) is 78.6 Å². The molecule has 0 aromatic heterocycles. The van der Waals surface area contributed by atoms with Crippen molar-refractivity contribution in [2.75, 3.05) is 33.0 Å². The topological polar surface area (TPSA) is 354 Å². The van der Waals surface area contributed by atoms with E-state index >= 15 is 0 Å². The minimum atomic E-state index is -2.29. The van der Waals surface area contributed by atoms with Gasteiger partial charge in [0.2, 0.25) is 6.29 Å². The van der Waals surface area contributed by atoms with Crippen molar-refractivity contribution in [3.05, 3.63) is 12.2 Å². The molecule has 9 unspecified atom stereocenters. The zero-order valence-corrected chi connectivity index (χ0v) is 37.6. The number of hydrogen-bond acceptors (Lipinski definition) is 22. The van der Waals surface area contributed by atoms with Crippen LogP contribution in [0.4, 0.5) is 0 Å². The molecular weight excluding hydrogens is 880 g/mol. The van der Waals surface area contributed by atoms with Gasteiger partial charge in [0.1, 0.15) is 85.5 Å². The third-order valence-electron chi connectivity index (χ3n) is 16.3. The van der Waals surface area contributed by atoms with Gasteiger partial charge in [-0.25, -0.2) is 0 Å². The van der Waals surface area contributed by atoms with Crippen molar-refractivity contribution in [1.29, 1.82) is 0 Å². The molecule has 0 bridgehead atoms. The first-order valence-corrected chi connectivity index (χ1v) is 23.1. The van der Waals surface area contributed by atoms with Crippen LogP contribution in [0.25, 0.3) is 0 Å². The number of carbonyl (C=O) groups is 1. The molecule has 66 heavy (non-hydrogen) atoms. The summed E-state index contributed by atoms with van der Waals surface area (Å²) in [6.07, 6.45) is -24.6. The standard InChI is InChI=1S/C44H72O22/c1-19-6-7-26-41(2)9-5-10-42(3,40(58)63-27-12-20(49)28(50)21(14-45)60-27)25(41)8-11-44(26,13-19)18-59-39-36(66-43(4)37(57)33(55)30(52)24(17-48)65-43)35(31(53)23(16-47)62-39)64-38-34(56)32(54)29(51)22(15-46)61-38/h20-39,45-57H,1,5-18H2,2-4H3/t20-,21-,22?,23?,24?,25+,26+,27+,28?,29-,30-,31-,32?,33?,34-,35?,36-,37-,38+,39-,41?,42?,43+,44-/m1/s1. The van der Waals surface area contributed by atoms with E-state index in [2.05, 4.69) is 13.5 Å². The third kappa shape index (κ3) is 9.38. The van der Waals surface area contributed by atoms with Crippen molar-refractivity contribution in [3.8, 4) is 0 Å². The highest BCUT2D eigenvalue weighted by Crippen LogP contribution is 2.68. The van der Waals surface area contributed by atoms with E-state index in [1.165, 1.54) is 6.92 Å². The van der Waals surface area contributed by atoms with Gasteiger partial charge in [-0.2, -0.15) is 0 Å². The highest BCUT2D eigenvalue weighted by molar-refractivity contribution is 5.77. The molecule has 0 radical (unpaired) electrons. The van der Waals surface area contributed by atoms with Gasteiger partial charge < -0.3 is 104 Å². The van der Waals surface area contributed by atoms with E-state index in [0.29, 0.717) is 44.9 Å². The van der Waals surface area contributed by atoms with Crippen LogP contribution in [0.3, 0.4) is 0 Å². The molecule has 380 valence electrons. The van der Waals surface area contributed by atoms with Gasteiger partial charge in [-0.1, -0.05) is 25.5 Å². The normalized spacial score (nSPS) is 52.3. The first-order valence-electron chi connectivity index (χ1n) is 23.1. The fraction of sp³-hybridized carbons (Fsp3) is 0.932. The fourth-order valence-corrected chi connectivity index (χ4v) is 12.6. The molecule has 22 nitrogen and oxygen atoms in total. The molecule has 4 heterocycles. The van der Waals surface area contributed by atoms with Crippen LogP contribution < -0.4 is 0 Å². The average Bonchev–Trinajstić information content (AvgIpc) is 3.28. The monoisotopic (exact) mass is 952 g/mol. The summed E-state index contributed by atoms with van der Waals surface area (Å²) in [4.78, 5) is 14.3. The van der Waals surface area contributed by atoms with E-state index in [1.807, 2.05) is 6.92 Å². The largest absolute Gasteiger partial charge is 0.435 e. The number of hydrogen-bond donors (Lipinski definition) is 13. The Labute approximate surface area is 382 Å². The Kier molecular flexibility index (Phi) is 16.0. The second-order valence-electron chi connectivity index (χ2n) is 20.4. The predicted octanol–water partition coefficient (Wildman–Crippen LogP) is -3.84. The molecule has 7 fully saturated rings. The second-order valence-corrected chi connectivity index (χ2v) is 20.4. The quantitative estimate of drug-likeness (QED) is 0.0621. The lowest BCUT2D eigenvalue weighted by Gasteiger charge is -2.64. The predicted molar refractivity (Wildman–Crippen MR) is 220 cm³/mol. The number of fused-ring (bicyclic) bond motifs is 3. The number of allylic oxidation sites excluding steroid dienone is 1. The minimum absolute atomic E-state index is 0.0505. The lowest BCUT2D eigenvalue weighted by Crippen LogP contribution is -2.70. The molecule has 0 amide bonds. The van der Waals surface area contributed by atoms with Gasteiger partial charge in [-0.3, -0.25) is 4.79 Å². The molecule has 3 aliphatic carbocycles. The van der Waals surface area contributed by atoms with Crippen molar-refractivity contribution in [2.24, 2.45) is 28.1 Å².